The molecule has 0 fully saturated rings. The molecule has 0 saturated heterocycles. The maximum Gasteiger partial charge on any atom is 0.227 e. The lowest BCUT2D eigenvalue weighted by Crippen LogP contribution is -2.23. The van der Waals surface area contributed by atoms with E-state index < -0.39 is 0 Å². The highest BCUT2D eigenvalue weighted by Gasteiger charge is 2.12. The minimum absolute atomic E-state index is 0.0587. The van der Waals surface area contributed by atoms with Crippen LogP contribution in [0.1, 0.15) is 27.2 Å². The lowest BCUT2D eigenvalue weighted by Gasteiger charge is -2.22. The Kier molecular flexibility index (Phi) is 3.07. The van der Waals surface area contributed by atoms with E-state index in [1.165, 1.54) is 5.57 Å². The maximum absolute atomic E-state index is 11.2. The van der Waals surface area contributed by atoms with Crippen molar-refractivity contribution < 1.29 is 4.79 Å². The molecule has 0 aromatic heterocycles. The summed E-state index contributed by atoms with van der Waals surface area (Å²) >= 11 is 0. The van der Waals surface area contributed by atoms with Crippen molar-refractivity contribution in [3.63, 3.8) is 0 Å². The van der Waals surface area contributed by atoms with E-state index in [1.54, 1.807) is 18.0 Å². The number of allylic oxidation sites excluding steroid dienone is 4. The molecule has 0 saturated carbocycles. The van der Waals surface area contributed by atoms with Gasteiger partial charge in [-0.15, -0.1) is 0 Å². The molecule has 0 spiro atoms. The second-order valence-electron chi connectivity index (χ2n) is 3.11. The Hall–Kier alpha value is -1.31. The van der Waals surface area contributed by atoms with Crippen molar-refractivity contribution >= 4 is 5.91 Å². The standard InChI is InChI=1S/C11H15NO/c1-4-9(2)11-7-5-6-8-12(11)10(3)13/h5-8H,4H2,1-3H3. The molecule has 0 aliphatic carbocycles. The van der Waals surface area contributed by atoms with Crippen LogP contribution < -0.4 is 0 Å². The SMILES string of the molecule is CCC(C)=C1C=CC=CN1C(C)=O. The molecule has 1 amide bonds. The van der Waals surface area contributed by atoms with E-state index in [0.717, 1.165) is 12.1 Å². The van der Waals surface area contributed by atoms with Crippen molar-refractivity contribution in [3.05, 3.63) is 35.7 Å². The zero-order valence-electron chi connectivity index (χ0n) is 8.37. The predicted octanol–water partition coefficient (Wildman–Crippen LogP) is 2.60. The first-order chi connectivity index (χ1) is 6.16. The van der Waals surface area contributed by atoms with Crippen LogP contribution >= 0.6 is 0 Å². The van der Waals surface area contributed by atoms with Gasteiger partial charge in [0, 0.05) is 18.8 Å². The number of amides is 1. The summed E-state index contributed by atoms with van der Waals surface area (Å²) in [5.41, 5.74) is 2.24. The molecule has 1 rings (SSSR count). The van der Waals surface area contributed by atoms with Crippen molar-refractivity contribution in [2.75, 3.05) is 0 Å². The van der Waals surface area contributed by atoms with Crippen molar-refractivity contribution in [1.82, 2.24) is 4.90 Å². The summed E-state index contributed by atoms with van der Waals surface area (Å²) in [7, 11) is 0. The monoisotopic (exact) mass is 177 g/mol. The summed E-state index contributed by atoms with van der Waals surface area (Å²) in [4.78, 5) is 12.9. The maximum atomic E-state index is 11.2. The number of carbonyl (C=O) groups excluding carboxylic acids is 1. The number of nitrogens with zero attached hydrogens (tertiary/aromatic N) is 1. The number of rotatable bonds is 1. The number of hydrogen-bond acceptors (Lipinski definition) is 1. The Morgan fingerprint density at radius 2 is 2.08 bits per heavy atom. The van der Waals surface area contributed by atoms with Crippen LogP contribution in [0.3, 0.4) is 0 Å². The Bertz CT molecular complexity index is 297. The first kappa shape index (κ1) is 9.78. The van der Waals surface area contributed by atoms with E-state index in [2.05, 4.69) is 13.8 Å². The molecule has 1 aliphatic heterocycles. The smallest absolute Gasteiger partial charge is 0.227 e. The van der Waals surface area contributed by atoms with Gasteiger partial charge >= 0.3 is 0 Å². The molecule has 0 aromatic carbocycles. The van der Waals surface area contributed by atoms with Gasteiger partial charge < -0.3 is 0 Å². The summed E-state index contributed by atoms with van der Waals surface area (Å²) in [6.45, 7) is 5.72. The van der Waals surface area contributed by atoms with Crippen molar-refractivity contribution in [1.29, 1.82) is 0 Å². The molecule has 0 atom stereocenters. The van der Waals surface area contributed by atoms with Crippen LogP contribution in [-0.2, 0) is 4.79 Å². The third-order valence-corrected chi connectivity index (χ3v) is 2.17. The zero-order valence-corrected chi connectivity index (χ0v) is 8.37. The molecule has 0 radical (unpaired) electrons. The van der Waals surface area contributed by atoms with Crippen molar-refractivity contribution in [2.45, 2.75) is 27.2 Å². The first-order valence-electron chi connectivity index (χ1n) is 4.51. The molecule has 2 heteroatoms. The van der Waals surface area contributed by atoms with Crippen LogP contribution in [0.5, 0.6) is 0 Å². The molecular formula is C11H15NO. The molecule has 0 unspecified atom stereocenters. The number of carbonyl (C=O) groups is 1. The fourth-order valence-corrected chi connectivity index (χ4v) is 1.25. The second-order valence-corrected chi connectivity index (χ2v) is 3.11. The summed E-state index contributed by atoms with van der Waals surface area (Å²) in [6, 6.07) is 0. The lowest BCUT2D eigenvalue weighted by molar-refractivity contribution is -0.124. The highest BCUT2D eigenvalue weighted by Crippen LogP contribution is 2.18. The Morgan fingerprint density at radius 1 is 1.38 bits per heavy atom. The minimum Gasteiger partial charge on any atom is -0.288 e. The normalized spacial score (nSPS) is 19.2. The minimum atomic E-state index is 0.0587. The molecule has 13 heavy (non-hydrogen) atoms. The van der Waals surface area contributed by atoms with E-state index in [-0.39, 0.29) is 5.91 Å². The summed E-state index contributed by atoms with van der Waals surface area (Å²) in [5.74, 6) is 0.0587. The quantitative estimate of drug-likeness (QED) is 0.603. The molecule has 0 bridgehead atoms. The van der Waals surface area contributed by atoms with Crippen molar-refractivity contribution in [3.8, 4) is 0 Å². The largest absolute Gasteiger partial charge is 0.288 e. The fourth-order valence-electron chi connectivity index (χ4n) is 1.25. The highest BCUT2D eigenvalue weighted by molar-refractivity contribution is 5.77. The number of hydrogen-bond donors (Lipinski definition) is 0. The van der Waals surface area contributed by atoms with Gasteiger partial charge in [0.2, 0.25) is 5.91 Å². The summed E-state index contributed by atoms with van der Waals surface area (Å²) < 4.78 is 0. The summed E-state index contributed by atoms with van der Waals surface area (Å²) in [5, 5.41) is 0. The van der Waals surface area contributed by atoms with Gasteiger partial charge in [-0.1, -0.05) is 13.0 Å². The lowest BCUT2D eigenvalue weighted by atomic mass is 10.1. The van der Waals surface area contributed by atoms with Crippen LogP contribution in [0.15, 0.2) is 35.7 Å². The molecule has 70 valence electrons. The van der Waals surface area contributed by atoms with Gasteiger partial charge in [-0.2, -0.15) is 0 Å². The second kappa shape index (κ2) is 4.08. The molecule has 1 aliphatic rings. The Balaban J connectivity index is 3.02. The molecule has 0 N–H and O–H groups in total. The van der Waals surface area contributed by atoms with Gasteiger partial charge in [-0.05, 0) is 31.1 Å². The van der Waals surface area contributed by atoms with Crippen LogP contribution in [0.2, 0.25) is 0 Å². The molecule has 0 aromatic rings. The van der Waals surface area contributed by atoms with Gasteiger partial charge in [0.25, 0.3) is 0 Å². The third kappa shape index (κ3) is 2.08. The first-order valence-corrected chi connectivity index (χ1v) is 4.51. The van der Waals surface area contributed by atoms with Crippen LogP contribution in [0.4, 0.5) is 0 Å². The zero-order chi connectivity index (χ0) is 9.84. The van der Waals surface area contributed by atoms with Gasteiger partial charge in [0.05, 0.1) is 0 Å². The Labute approximate surface area is 79.2 Å². The predicted molar refractivity (Wildman–Crippen MR) is 53.8 cm³/mol. The molecular weight excluding hydrogens is 162 g/mol. The van der Waals surface area contributed by atoms with Gasteiger partial charge in [0.15, 0.2) is 0 Å². The highest BCUT2D eigenvalue weighted by atomic mass is 16.2. The van der Waals surface area contributed by atoms with E-state index in [4.69, 9.17) is 0 Å². The fraction of sp³-hybridized carbons (Fsp3) is 0.364. The van der Waals surface area contributed by atoms with Crippen LogP contribution in [0, 0.1) is 0 Å². The Morgan fingerprint density at radius 3 is 2.62 bits per heavy atom. The van der Waals surface area contributed by atoms with E-state index in [9.17, 15) is 4.79 Å². The average Bonchev–Trinajstić information content (AvgIpc) is 2.16. The van der Waals surface area contributed by atoms with E-state index in [0.29, 0.717) is 0 Å². The molecule has 1 heterocycles. The van der Waals surface area contributed by atoms with Crippen LogP contribution in [0.25, 0.3) is 0 Å². The third-order valence-electron chi connectivity index (χ3n) is 2.17. The molecule has 2 nitrogen and oxygen atoms in total. The summed E-state index contributed by atoms with van der Waals surface area (Å²) in [6.07, 6.45) is 8.57. The average molecular weight is 177 g/mol. The van der Waals surface area contributed by atoms with E-state index >= 15 is 0 Å². The van der Waals surface area contributed by atoms with E-state index in [1.807, 2.05) is 18.2 Å². The van der Waals surface area contributed by atoms with Gasteiger partial charge in [-0.3, -0.25) is 9.69 Å². The van der Waals surface area contributed by atoms with Crippen molar-refractivity contribution in [2.24, 2.45) is 0 Å². The topological polar surface area (TPSA) is 20.3 Å². The van der Waals surface area contributed by atoms with Gasteiger partial charge in [-0.25, -0.2) is 0 Å². The van der Waals surface area contributed by atoms with Gasteiger partial charge in [0.1, 0.15) is 0 Å². The van der Waals surface area contributed by atoms with Crippen LogP contribution in [-0.4, -0.2) is 10.8 Å².